The lowest BCUT2D eigenvalue weighted by Gasteiger charge is -2.24. The van der Waals surface area contributed by atoms with Crippen LogP contribution in [0, 0.1) is 0 Å². The second-order valence-electron chi connectivity index (χ2n) is 6.30. The van der Waals surface area contributed by atoms with Crippen molar-refractivity contribution in [2.75, 3.05) is 23.9 Å². The van der Waals surface area contributed by atoms with E-state index in [9.17, 15) is 14.4 Å². The molecule has 0 aliphatic carbocycles. The highest BCUT2D eigenvalue weighted by Gasteiger charge is 2.37. The molecular formula is C21H22N2O5. The van der Waals surface area contributed by atoms with Gasteiger partial charge in [0.2, 0.25) is 5.91 Å². The van der Waals surface area contributed by atoms with Crippen LogP contribution < -0.4 is 15.0 Å². The van der Waals surface area contributed by atoms with E-state index in [4.69, 9.17) is 9.47 Å². The zero-order valence-corrected chi connectivity index (χ0v) is 15.8. The molecule has 0 aromatic heterocycles. The highest BCUT2D eigenvalue weighted by Crippen LogP contribution is 2.30. The van der Waals surface area contributed by atoms with Crippen molar-refractivity contribution in [3.05, 3.63) is 54.1 Å². The second-order valence-corrected chi connectivity index (χ2v) is 6.30. The lowest BCUT2D eigenvalue weighted by Crippen LogP contribution is -2.38. The molecule has 3 rings (SSSR count). The van der Waals surface area contributed by atoms with E-state index in [1.54, 1.807) is 67.5 Å². The molecule has 2 aromatic carbocycles. The zero-order valence-electron chi connectivity index (χ0n) is 15.8. The van der Waals surface area contributed by atoms with Gasteiger partial charge in [0.25, 0.3) is 0 Å². The number of nitrogens with zero attached hydrogens (tertiary/aromatic N) is 1. The minimum Gasteiger partial charge on any atom is -0.497 e. The maximum absolute atomic E-state index is 13.0. The Morgan fingerprint density at radius 1 is 1.11 bits per heavy atom. The summed E-state index contributed by atoms with van der Waals surface area (Å²) in [5.74, 6) is 0.469. The fourth-order valence-electron chi connectivity index (χ4n) is 3.19. The molecule has 1 aliphatic heterocycles. The number of carbonyl (C=O) groups is 3. The summed E-state index contributed by atoms with van der Waals surface area (Å²) in [6.45, 7) is 2.00. The van der Waals surface area contributed by atoms with Crippen LogP contribution in [0.1, 0.15) is 30.1 Å². The summed E-state index contributed by atoms with van der Waals surface area (Å²) >= 11 is 0. The summed E-state index contributed by atoms with van der Waals surface area (Å²) in [5, 5.41) is 2.58. The van der Waals surface area contributed by atoms with Gasteiger partial charge in [-0.2, -0.15) is 0 Å². The highest BCUT2D eigenvalue weighted by molar-refractivity contribution is 6.10. The van der Waals surface area contributed by atoms with Crippen molar-refractivity contribution in [1.29, 1.82) is 0 Å². The first-order chi connectivity index (χ1) is 13.5. The fraction of sp³-hybridized carbons (Fsp3) is 0.286. The van der Waals surface area contributed by atoms with Gasteiger partial charge < -0.3 is 14.4 Å². The Labute approximate surface area is 163 Å². The van der Waals surface area contributed by atoms with Gasteiger partial charge in [0.1, 0.15) is 11.8 Å². The predicted octanol–water partition coefficient (Wildman–Crippen LogP) is 3.64. The quantitative estimate of drug-likeness (QED) is 0.771. The number of carbonyl (C=O) groups excluding carboxylic acids is 3. The number of hydrogen-bond donors (Lipinski definition) is 1. The van der Waals surface area contributed by atoms with Gasteiger partial charge in [0.15, 0.2) is 5.78 Å². The van der Waals surface area contributed by atoms with Crippen molar-refractivity contribution in [2.45, 2.75) is 25.8 Å². The molecule has 0 radical (unpaired) electrons. The second kappa shape index (κ2) is 8.56. The number of nitrogens with one attached hydrogen (secondary N) is 1. The largest absolute Gasteiger partial charge is 0.497 e. The molecule has 7 heteroatoms. The van der Waals surface area contributed by atoms with Crippen LogP contribution in [-0.2, 0) is 9.53 Å². The number of Topliss-reactive ketones (excluding diaryl/α,β-unsaturated/α-hetero) is 1. The minimum absolute atomic E-state index is 0.0795. The van der Waals surface area contributed by atoms with Gasteiger partial charge >= 0.3 is 6.09 Å². The third-order valence-electron chi connectivity index (χ3n) is 4.56. The molecule has 0 saturated carbocycles. The number of rotatable bonds is 6. The zero-order chi connectivity index (χ0) is 20.1. The number of amides is 2. The van der Waals surface area contributed by atoms with Gasteiger partial charge in [0, 0.05) is 23.4 Å². The molecule has 0 spiro atoms. The Hall–Kier alpha value is -3.35. The number of benzene rings is 2. The van der Waals surface area contributed by atoms with E-state index < -0.39 is 12.1 Å². The van der Waals surface area contributed by atoms with Crippen molar-refractivity contribution in [3.8, 4) is 5.75 Å². The van der Waals surface area contributed by atoms with Gasteiger partial charge in [-0.15, -0.1) is 0 Å². The minimum atomic E-state index is -0.551. The Kier molecular flexibility index (Phi) is 5.93. The van der Waals surface area contributed by atoms with Gasteiger partial charge in [0.05, 0.1) is 13.7 Å². The fourth-order valence-corrected chi connectivity index (χ4v) is 3.19. The first kappa shape index (κ1) is 19.4. The molecule has 1 N–H and O–H groups in total. The number of methoxy groups -OCH3 is 1. The third-order valence-corrected chi connectivity index (χ3v) is 4.56. The summed E-state index contributed by atoms with van der Waals surface area (Å²) < 4.78 is 9.97. The summed E-state index contributed by atoms with van der Waals surface area (Å²) in [6, 6.07) is 13.1. The van der Waals surface area contributed by atoms with E-state index in [1.807, 2.05) is 0 Å². The van der Waals surface area contributed by atoms with E-state index in [1.165, 1.54) is 0 Å². The topological polar surface area (TPSA) is 84.9 Å². The Morgan fingerprint density at radius 2 is 1.79 bits per heavy atom. The lowest BCUT2D eigenvalue weighted by atomic mass is 10.0. The van der Waals surface area contributed by atoms with Gasteiger partial charge in [-0.25, -0.2) is 4.79 Å². The van der Waals surface area contributed by atoms with E-state index in [-0.39, 0.29) is 18.3 Å². The summed E-state index contributed by atoms with van der Waals surface area (Å²) in [6.07, 6.45) is 0.242. The van der Waals surface area contributed by atoms with Crippen molar-refractivity contribution in [2.24, 2.45) is 0 Å². The SMILES string of the molecule is CCOC(=O)Nc1ccc(C(=O)C2CCC(=O)N2c2ccc(OC)cc2)cc1. The van der Waals surface area contributed by atoms with Crippen molar-refractivity contribution in [1.82, 2.24) is 0 Å². The lowest BCUT2D eigenvalue weighted by molar-refractivity contribution is -0.117. The predicted molar refractivity (Wildman–Crippen MR) is 105 cm³/mol. The summed E-state index contributed by atoms with van der Waals surface area (Å²) in [7, 11) is 1.57. The molecule has 2 aromatic rings. The Balaban J connectivity index is 1.76. The van der Waals surface area contributed by atoms with Crippen LogP contribution in [0.25, 0.3) is 0 Å². The Morgan fingerprint density at radius 3 is 2.39 bits per heavy atom. The molecule has 2 amide bonds. The van der Waals surface area contributed by atoms with Gasteiger partial charge in [-0.3, -0.25) is 14.9 Å². The van der Waals surface area contributed by atoms with Crippen molar-refractivity contribution in [3.63, 3.8) is 0 Å². The molecule has 1 aliphatic rings. The molecule has 1 heterocycles. The van der Waals surface area contributed by atoms with Crippen LogP contribution in [0.4, 0.5) is 16.2 Å². The van der Waals surface area contributed by atoms with Crippen LogP contribution in [-0.4, -0.2) is 37.5 Å². The number of anilines is 2. The average Bonchev–Trinajstić information content (AvgIpc) is 3.09. The van der Waals surface area contributed by atoms with Crippen LogP contribution in [0.2, 0.25) is 0 Å². The van der Waals surface area contributed by atoms with Crippen molar-refractivity contribution < 1.29 is 23.9 Å². The third kappa shape index (κ3) is 4.14. The van der Waals surface area contributed by atoms with E-state index in [2.05, 4.69) is 5.32 Å². The molecule has 0 bridgehead atoms. The van der Waals surface area contributed by atoms with Gasteiger partial charge in [-0.1, -0.05) is 0 Å². The first-order valence-corrected chi connectivity index (χ1v) is 9.07. The summed E-state index contributed by atoms with van der Waals surface area (Å²) in [4.78, 5) is 38.4. The van der Waals surface area contributed by atoms with Crippen LogP contribution >= 0.6 is 0 Å². The molecular weight excluding hydrogens is 360 g/mol. The monoisotopic (exact) mass is 382 g/mol. The molecule has 1 atom stereocenters. The van der Waals surface area contributed by atoms with E-state index in [0.717, 1.165) is 0 Å². The highest BCUT2D eigenvalue weighted by atomic mass is 16.5. The normalized spacial score (nSPS) is 16.0. The van der Waals surface area contributed by atoms with Crippen LogP contribution in [0.3, 0.4) is 0 Å². The molecule has 28 heavy (non-hydrogen) atoms. The van der Waals surface area contributed by atoms with Crippen molar-refractivity contribution >= 4 is 29.2 Å². The maximum Gasteiger partial charge on any atom is 0.411 e. The molecule has 7 nitrogen and oxygen atoms in total. The number of ether oxygens (including phenoxy) is 2. The standard InChI is InChI=1S/C21H22N2O5/c1-3-28-21(26)22-15-6-4-14(5-7-15)20(25)18-12-13-19(24)23(18)16-8-10-17(27-2)11-9-16/h4-11,18H,3,12-13H2,1-2H3,(H,22,26). The number of ketones is 1. The molecule has 1 unspecified atom stereocenters. The average molecular weight is 382 g/mol. The molecule has 1 saturated heterocycles. The van der Waals surface area contributed by atoms with Gasteiger partial charge in [-0.05, 0) is 61.9 Å². The van der Waals surface area contributed by atoms with Crippen LogP contribution in [0.15, 0.2) is 48.5 Å². The first-order valence-electron chi connectivity index (χ1n) is 9.07. The Bertz CT molecular complexity index is 861. The molecule has 146 valence electrons. The van der Waals surface area contributed by atoms with E-state index in [0.29, 0.717) is 35.5 Å². The maximum atomic E-state index is 13.0. The van der Waals surface area contributed by atoms with E-state index >= 15 is 0 Å². The number of hydrogen-bond acceptors (Lipinski definition) is 5. The molecule has 1 fully saturated rings. The smallest absolute Gasteiger partial charge is 0.411 e. The summed E-state index contributed by atoms with van der Waals surface area (Å²) in [5.41, 5.74) is 1.68. The van der Waals surface area contributed by atoms with Crippen LogP contribution in [0.5, 0.6) is 5.75 Å².